The minimum absolute atomic E-state index is 0.111. The van der Waals surface area contributed by atoms with Crippen LogP contribution in [0.3, 0.4) is 0 Å². The summed E-state index contributed by atoms with van der Waals surface area (Å²) < 4.78 is 0. The monoisotopic (exact) mass is 345 g/mol. The Hall–Kier alpha value is -1.92. The van der Waals surface area contributed by atoms with Gasteiger partial charge in [0.2, 0.25) is 0 Å². The zero-order chi connectivity index (χ0) is 16.9. The Kier molecular flexibility index (Phi) is 5.48. The normalized spacial score (nSPS) is 18.6. The minimum atomic E-state index is -0.758. The molecule has 1 saturated heterocycles. The van der Waals surface area contributed by atoms with Crippen molar-refractivity contribution in [2.75, 3.05) is 31.6 Å². The van der Waals surface area contributed by atoms with Crippen molar-refractivity contribution in [2.45, 2.75) is 25.3 Å². The van der Waals surface area contributed by atoms with Crippen LogP contribution in [0.15, 0.2) is 35.7 Å². The van der Waals surface area contributed by atoms with Crippen molar-refractivity contribution in [1.29, 1.82) is 0 Å². The van der Waals surface area contributed by atoms with Crippen LogP contribution in [-0.4, -0.2) is 53.7 Å². The van der Waals surface area contributed by atoms with Crippen LogP contribution in [0.4, 0.5) is 5.13 Å². The molecular weight excluding hydrogens is 322 g/mol. The Morgan fingerprint density at radius 1 is 1.33 bits per heavy atom. The van der Waals surface area contributed by atoms with Gasteiger partial charge in [0.1, 0.15) is 0 Å². The SMILES string of the molecule is CN(CC(=O)O)C1CCCN(c2nc(-c3ccccc3)cs2)CC1. The highest BCUT2D eigenvalue weighted by atomic mass is 32.1. The third-order valence-electron chi connectivity index (χ3n) is 4.54. The number of benzene rings is 1. The Balaban J connectivity index is 1.64. The molecule has 1 aromatic heterocycles. The molecule has 24 heavy (non-hydrogen) atoms. The molecule has 0 saturated carbocycles. The lowest BCUT2D eigenvalue weighted by molar-refractivity contribution is -0.138. The van der Waals surface area contributed by atoms with Crippen molar-refractivity contribution in [3.05, 3.63) is 35.7 Å². The Morgan fingerprint density at radius 2 is 2.12 bits per heavy atom. The number of hydrogen-bond acceptors (Lipinski definition) is 5. The Morgan fingerprint density at radius 3 is 2.88 bits per heavy atom. The number of likely N-dealkylation sites (N-methyl/N-ethyl adjacent to an activating group) is 1. The van der Waals surface area contributed by atoms with Crippen LogP contribution < -0.4 is 4.90 Å². The molecule has 0 radical (unpaired) electrons. The van der Waals surface area contributed by atoms with Crippen LogP contribution >= 0.6 is 11.3 Å². The van der Waals surface area contributed by atoms with Crippen LogP contribution in [0.25, 0.3) is 11.3 Å². The van der Waals surface area contributed by atoms with Crippen molar-refractivity contribution >= 4 is 22.4 Å². The van der Waals surface area contributed by atoms with Gasteiger partial charge in [0.15, 0.2) is 5.13 Å². The van der Waals surface area contributed by atoms with E-state index in [4.69, 9.17) is 10.1 Å². The predicted molar refractivity (Wildman–Crippen MR) is 97.7 cm³/mol. The van der Waals surface area contributed by atoms with Gasteiger partial charge in [0, 0.05) is 30.1 Å². The minimum Gasteiger partial charge on any atom is -0.480 e. The van der Waals surface area contributed by atoms with Gasteiger partial charge < -0.3 is 10.0 Å². The van der Waals surface area contributed by atoms with E-state index < -0.39 is 5.97 Å². The van der Waals surface area contributed by atoms with Gasteiger partial charge in [0.05, 0.1) is 12.2 Å². The number of aromatic nitrogens is 1. The molecule has 1 aromatic carbocycles. The first-order valence-electron chi connectivity index (χ1n) is 8.31. The lowest BCUT2D eigenvalue weighted by Gasteiger charge is -2.25. The average Bonchev–Trinajstić information content (AvgIpc) is 2.93. The van der Waals surface area contributed by atoms with Crippen molar-refractivity contribution in [3.8, 4) is 11.3 Å². The smallest absolute Gasteiger partial charge is 0.317 e. The molecule has 0 spiro atoms. The number of aliphatic carboxylic acids is 1. The molecule has 3 rings (SSSR count). The van der Waals surface area contributed by atoms with E-state index in [0.29, 0.717) is 6.04 Å². The molecule has 5 nitrogen and oxygen atoms in total. The summed E-state index contributed by atoms with van der Waals surface area (Å²) in [6.07, 6.45) is 3.08. The third kappa shape index (κ3) is 4.13. The third-order valence-corrected chi connectivity index (χ3v) is 5.44. The molecule has 0 aliphatic carbocycles. The molecule has 1 aliphatic heterocycles. The second-order valence-electron chi connectivity index (χ2n) is 6.26. The van der Waals surface area contributed by atoms with Crippen LogP contribution in [0.1, 0.15) is 19.3 Å². The van der Waals surface area contributed by atoms with Gasteiger partial charge in [-0.25, -0.2) is 4.98 Å². The number of carboxylic acid groups (broad SMARTS) is 1. The lowest BCUT2D eigenvalue weighted by Crippen LogP contribution is -2.36. The van der Waals surface area contributed by atoms with Gasteiger partial charge in [-0.3, -0.25) is 9.69 Å². The summed E-state index contributed by atoms with van der Waals surface area (Å²) in [7, 11) is 1.91. The van der Waals surface area contributed by atoms with E-state index >= 15 is 0 Å². The molecule has 1 fully saturated rings. The summed E-state index contributed by atoms with van der Waals surface area (Å²) in [6.45, 7) is 2.02. The Labute approximate surface area is 146 Å². The average molecular weight is 345 g/mol. The maximum absolute atomic E-state index is 10.9. The summed E-state index contributed by atoms with van der Waals surface area (Å²) in [5.74, 6) is -0.758. The van der Waals surface area contributed by atoms with Gasteiger partial charge in [-0.2, -0.15) is 0 Å². The van der Waals surface area contributed by atoms with Crippen molar-refractivity contribution in [2.24, 2.45) is 0 Å². The highest BCUT2D eigenvalue weighted by Gasteiger charge is 2.23. The first-order valence-corrected chi connectivity index (χ1v) is 9.19. The molecule has 6 heteroatoms. The fourth-order valence-electron chi connectivity index (χ4n) is 3.20. The number of anilines is 1. The largest absolute Gasteiger partial charge is 0.480 e. The molecule has 1 unspecified atom stereocenters. The van der Waals surface area contributed by atoms with E-state index in [0.717, 1.165) is 48.7 Å². The van der Waals surface area contributed by atoms with Gasteiger partial charge >= 0.3 is 5.97 Å². The van der Waals surface area contributed by atoms with Gasteiger partial charge in [-0.05, 0) is 26.3 Å². The molecule has 128 valence electrons. The quantitative estimate of drug-likeness (QED) is 0.902. The fraction of sp³-hybridized carbons (Fsp3) is 0.444. The first-order chi connectivity index (χ1) is 11.6. The van der Waals surface area contributed by atoms with Gasteiger partial charge in [-0.15, -0.1) is 11.3 Å². The summed E-state index contributed by atoms with van der Waals surface area (Å²) in [4.78, 5) is 20.0. The summed E-state index contributed by atoms with van der Waals surface area (Å²) >= 11 is 1.69. The highest BCUT2D eigenvalue weighted by molar-refractivity contribution is 7.14. The molecule has 0 amide bonds. The molecule has 1 N–H and O–H groups in total. The van der Waals surface area contributed by atoms with Crippen molar-refractivity contribution in [3.63, 3.8) is 0 Å². The highest BCUT2D eigenvalue weighted by Crippen LogP contribution is 2.29. The van der Waals surface area contributed by atoms with Crippen LogP contribution in [-0.2, 0) is 4.79 Å². The van der Waals surface area contributed by atoms with E-state index in [2.05, 4.69) is 22.4 Å². The summed E-state index contributed by atoms with van der Waals surface area (Å²) in [6, 6.07) is 10.6. The Bertz CT molecular complexity index is 674. The van der Waals surface area contributed by atoms with Gasteiger partial charge in [-0.1, -0.05) is 30.3 Å². The summed E-state index contributed by atoms with van der Waals surface area (Å²) in [5, 5.41) is 12.1. The zero-order valence-corrected chi connectivity index (χ0v) is 14.7. The molecule has 2 aromatic rings. The van der Waals surface area contributed by atoms with E-state index in [-0.39, 0.29) is 6.54 Å². The molecular formula is C18H23N3O2S. The lowest BCUT2D eigenvalue weighted by atomic mass is 10.1. The van der Waals surface area contributed by atoms with Crippen LogP contribution in [0.2, 0.25) is 0 Å². The van der Waals surface area contributed by atoms with E-state index in [1.165, 1.54) is 0 Å². The molecule has 0 bridgehead atoms. The van der Waals surface area contributed by atoms with E-state index in [1.807, 2.05) is 30.1 Å². The van der Waals surface area contributed by atoms with Gasteiger partial charge in [0.25, 0.3) is 0 Å². The fourth-order valence-corrected chi connectivity index (χ4v) is 4.09. The second-order valence-corrected chi connectivity index (χ2v) is 7.10. The number of thiazole rings is 1. The number of carboxylic acids is 1. The van der Waals surface area contributed by atoms with Crippen molar-refractivity contribution < 1.29 is 9.90 Å². The van der Waals surface area contributed by atoms with Crippen LogP contribution in [0, 0.1) is 0 Å². The second kappa shape index (κ2) is 7.77. The number of rotatable bonds is 5. The molecule has 1 atom stereocenters. The maximum atomic E-state index is 10.9. The van der Waals surface area contributed by atoms with E-state index in [9.17, 15) is 4.79 Å². The van der Waals surface area contributed by atoms with Crippen LogP contribution in [0.5, 0.6) is 0 Å². The molecule has 2 heterocycles. The van der Waals surface area contributed by atoms with E-state index in [1.54, 1.807) is 11.3 Å². The first kappa shape index (κ1) is 16.9. The number of nitrogens with zero attached hydrogens (tertiary/aromatic N) is 3. The summed E-state index contributed by atoms with van der Waals surface area (Å²) in [5.41, 5.74) is 2.17. The zero-order valence-electron chi connectivity index (χ0n) is 13.9. The molecule has 1 aliphatic rings. The topological polar surface area (TPSA) is 56.7 Å². The standard InChI is InChI=1S/C18H23N3O2S/c1-20(12-17(22)23)15-8-5-10-21(11-9-15)18-19-16(13-24-18)14-6-3-2-4-7-14/h2-4,6-7,13,15H,5,8-12H2,1H3,(H,22,23). The predicted octanol–water partition coefficient (Wildman–Crippen LogP) is 3.19. The number of carbonyl (C=O) groups is 1. The van der Waals surface area contributed by atoms with Crippen molar-refractivity contribution in [1.82, 2.24) is 9.88 Å². The maximum Gasteiger partial charge on any atom is 0.317 e. The number of hydrogen-bond donors (Lipinski definition) is 1.